The molecular formula is C13H16BrNO4. The number of amides is 1. The van der Waals surface area contributed by atoms with Crippen molar-refractivity contribution in [1.29, 1.82) is 0 Å². The first-order valence-corrected chi connectivity index (χ1v) is 6.57. The lowest BCUT2D eigenvalue weighted by Crippen LogP contribution is -2.16. The monoisotopic (exact) mass is 329 g/mol. The van der Waals surface area contributed by atoms with E-state index in [-0.39, 0.29) is 24.7 Å². The Balaban J connectivity index is 2.57. The second kappa shape index (κ2) is 7.13. The van der Waals surface area contributed by atoms with Crippen molar-refractivity contribution in [3.05, 3.63) is 22.7 Å². The van der Waals surface area contributed by atoms with Crippen LogP contribution >= 0.6 is 15.9 Å². The molecule has 2 N–H and O–H groups in total. The lowest BCUT2D eigenvalue weighted by molar-refractivity contribution is -0.138. The molecule has 5 nitrogen and oxygen atoms in total. The van der Waals surface area contributed by atoms with Crippen molar-refractivity contribution in [2.24, 2.45) is 5.92 Å². The van der Waals surface area contributed by atoms with Gasteiger partial charge in [-0.1, -0.05) is 6.92 Å². The van der Waals surface area contributed by atoms with Crippen LogP contribution in [-0.2, 0) is 9.59 Å². The zero-order valence-corrected chi connectivity index (χ0v) is 12.4. The summed E-state index contributed by atoms with van der Waals surface area (Å²) in [6, 6.07) is 5.20. The third kappa shape index (κ3) is 5.30. The van der Waals surface area contributed by atoms with E-state index in [0.29, 0.717) is 11.4 Å². The fourth-order valence-electron chi connectivity index (χ4n) is 1.64. The van der Waals surface area contributed by atoms with Crippen molar-refractivity contribution in [2.45, 2.75) is 19.8 Å². The Morgan fingerprint density at radius 3 is 2.63 bits per heavy atom. The van der Waals surface area contributed by atoms with E-state index < -0.39 is 5.97 Å². The Bertz CT molecular complexity index is 476. The molecule has 6 heteroatoms. The molecule has 1 aromatic carbocycles. The van der Waals surface area contributed by atoms with Gasteiger partial charge in [0.05, 0.1) is 11.6 Å². The number of methoxy groups -OCH3 is 1. The predicted octanol–water partition coefficient (Wildman–Crippen LogP) is 2.90. The number of ether oxygens (including phenoxy) is 1. The van der Waals surface area contributed by atoms with Gasteiger partial charge in [-0.25, -0.2) is 0 Å². The highest BCUT2D eigenvalue weighted by molar-refractivity contribution is 9.10. The molecule has 0 aromatic heterocycles. The van der Waals surface area contributed by atoms with E-state index >= 15 is 0 Å². The molecule has 0 saturated carbocycles. The molecule has 1 atom stereocenters. The predicted molar refractivity (Wildman–Crippen MR) is 75.4 cm³/mol. The summed E-state index contributed by atoms with van der Waals surface area (Å²) in [7, 11) is 1.56. The van der Waals surface area contributed by atoms with Crippen LogP contribution in [-0.4, -0.2) is 24.1 Å². The van der Waals surface area contributed by atoms with E-state index in [1.807, 2.05) is 0 Å². The number of carbonyl (C=O) groups excluding carboxylic acids is 1. The summed E-state index contributed by atoms with van der Waals surface area (Å²) in [6.45, 7) is 1.73. The van der Waals surface area contributed by atoms with Gasteiger partial charge in [0, 0.05) is 18.5 Å². The van der Waals surface area contributed by atoms with Gasteiger partial charge >= 0.3 is 5.97 Å². The molecule has 0 bridgehead atoms. The standard InChI is InChI=1S/C13H16BrNO4/c1-8(6-13(17)18)5-12(16)15-9-3-4-11(19-2)10(14)7-9/h3-4,7-8H,5-6H2,1-2H3,(H,15,16)(H,17,18). The van der Waals surface area contributed by atoms with Gasteiger partial charge in [-0.15, -0.1) is 0 Å². The largest absolute Gasteiger partial charge is 0.496 e. The van der Waals surface area contributed by atoms with Gasteiger partial charge in [0.2, 0.25) is 5.91 Å². The Hall–Kier alpha value is -1.56. The molecule has 0 radical (unpaired) electrons. The summed E-state index contributed by atoms with van der Waals surface area (Å²) >= 11 is 3.33. The van der Waals surface area contributed by atoms with Gasteiger partial charge in [-0.3, -0.25) is 9.59 Å². The highest BCUT2D eigenvalue weighted by Gasteiger charge is 2.13. The quantitative estimate of drug-likeness (QED) is 0.841. The lowest BCUT2D eigenvalue weighted by atomic mass is 10.0. The molecule has 0 aliphatic rings. The smallest absolute Gasteiger partial charge is 0.303 e. The van der Waals surface area contributed by atoms with Crippen molar-refractivity contribution >= 4 is 33.5 Å². The normalized spacial score (nSPS) is 11.7. The van der Waals surface area contributed by atoms with E-state index in [1.165, 1.54) is 0 Å². The fourth-order valence-corrected chi connectivity index (χ4v) is 2.18. The lowest BCUT2D eigenvalue weighted by Gasteiger charge is -2.10. The average Bonchev–Trinajstić information content (AvgIpc) is 2.27. The third-order valence-corrected chi connectivity index (χ3v) is 3.11. The van der Waals surface area contributed by atoms with Crippen LogP contribution in [0, 0.1) is 5.92 Å². The molecule has 0 saturated heterocycles. The molecule has 1 unspecified atom stereocenters. The highest BCUT2D eigenvalue weighted by Crippen LogP contribution is 2.27. The van der Waals surface area contributed by atoms with Crippen LogP contribution < -0.4 is 10.1 Å². The summed E-state index contributed by atoms with van der Waals surface area (Å²) in [4.78, 5) is 22.2. The minimum atomic E-state index is -0.896. The van der Waals surface area contributed by atoms with Crippen molar-refractivity contribution in [3.63, 3.8) is 0 Å². The first-order valence-electron chi connectivity index (χ1n) is 5.77. The third-order valence-electron chi connectivity index (χ3n) is 2.49. The van der Waals surface area contributed by atoms with E-state index in [1.54, 1.807) is 32.2 Å². The molecule has 0 aliphatic heterocycles. The van der Waals surface area contributed by atoms with Crippen LogP contribution in [0.25, 0.3) is 0 Å². The number of halogens is 1. The van der Waals surface area contributed by atoms with Gasteiger partial charge in [-0.05, 0) is 40.0 Å². The maximum absolute atomic E-state index is 11.7. The molecule has 1 aromatic rings. The van der Waals surface area contributed by atoms with E-state index in [0.717, 1.165) is 4.47 Å². The van der Waals surface area contributed by atoms with Crippen LogP contribution in [0.1, 0.15) is 19.8 Å². The summed E-state index contributed by atoms with van der Waals surface area (Å²) < 4.78 is 5.83. The second-order valence-electron chi connectivity index (χ2n) is 4.30. The maximum atomic E-state index is 11.7. The molecule has 104 valence electrons. The number of aliphatic carboxylic acids is 1. The first kappa shape index (κ1) is 15.5. The Kier molecular flexibility index (Phi) is 5.82. The van der Waals surface area contributed by atoms with Crippen molar-refractivity contribution in [3.8, 4) is 5.75 Å². The van der Waals surface area contributed by atoms with Gasteiger partial charge in [0.1, 0.15) is 5.75 Å². The zero-order valence-electron chi connectivity index (χ0n) is 10.8. The number of carboxylic acids is 1. The second-order valence-corrected chi connectivity index (χ2v) is 5.16. The zero-order chi connectivity index (χ0) is 14.4. The van der Waals surface area contributed by atoms with Crippen LogP contribution in [0.15, 0.2) is 22.7 Å². The topological polar surface area (TPSA) is 75.6 Å². The summed E-state index contributed by atoms with van der Waals surface area (Å²) in [5.74, 6) is -0.616. The molecule has 1 amide bonds. The number of benzene rings is 1. The highest BCUT2D eigenvalue weighted by atomic mass is 79.9. The van der Waals surface area contributed by atoms with Crippen LogP contribution in [0.5, 0.6) is 5.75 Å². The molecule has 0 aliphatic carbocycles. The number of hydrogen-bond donors (Lipinski definition) is 2. The van der Waals surface area contributed by atoms with Crippen LogP contribution in [0.2, 0.25) is 0 Å². The fraction of sp³-hybridized carbons (Fsp3) is 0.385. The minimum absolute atomic E-state index is 0.0142. The molecule has 0 spiro atoms. The van der Waals surface area contributed by atoms with Gasteiger partial charge in [0.15, 0.2) is 0 Å². The Labute approximate surface area is 120 Å². The van der Waals surface area contributed by atoms with Crippen molar-refractivity contribution < 1.29 is 19.4 Å². The molecule has 0 fully saturated rings. The summed E-state index contributed by atoms with van der Waals surface area (Å²) in [5, 5.41) is 11.3. The van der Waals surface area contributed by atoms with Gasteiger partial charge in [0.25, 0.3) is 0 Å². The number of carbonyl (C=O) groups is 2. The molecule has 0 heterocycles. The van der Waals surface area contributed by atoms with Gasteiger partial charge in [-0.2, -0.15) is 0 Å². The van der Waals surface area contributed by atoms with Crippen molar-refractivity contribution in [1.82, 2.24) is 0 Å². The van der Waals surface area contributed by atoms with E-state index in [2.05, 4.69) is 21.2 Å². The number of hydrogen-bond acceptors (Lipinski definition) is 3. The number of nitrogens with one attached hydrogen (secondary N) is 1. The van der Waals surface area contributed by atoms with Crippen LogP contribution in [0.3, 0.4) is 0 Å². The summed E-state index contributed by atoms with van der Waals surface area (Å²) in [6.07, 6.45) is 0.162. The first-order chi connectivity index (χ1) is 8.92. The molecule has 19 heavy (non-hydrogen) atoms. The molecular weight excluding hydrogens is 314 g/mol. The van der Waals surface area contributed by atoms with Gasteiger partial charge < -0.3 is 15.2 Å². The van der Waals surface area contributed by atoms with E-state index in [9.17, 15) is 9.59 Å². The average molecular weight is 330 g/mol. The Morgan fingerprint density at radius 1 is 1.42 bits per heavy atom. The minimum Gasteiger partial charge on any atom is -0.496 e. The van der Waals surface area contributed by atoms with E-state index in [4.69, 9.17) is 9.84 Å². The van der Waals surface area contributed by atoms with Crippen LogP contribution in [0.4, 0.5) is 5.69 Å². The Morgan fingerprint density at radius 2 is 2.11 bits per heavy atom. The SMILES string of the molecule is COc1ccc(NC(=O)CC(C)CC(=O)O)cc1Br. The maximum Gasteiger partial charge on any atom is 0.303 e. The number of carboxylic acid groups (broad SMARTS) is 1. The molecule has 1 rings (SSSR count). The summed E-state index contributed by atoms with van der Waals surface area (Å²) in [5.41, 5.74) is 0.639. The number of anilines is 1. The number of rotatable bonds is 6. The van der Waals surface area contributed by atoms with Crippen molar-refractivity contribution in [2.75, 3.05) is 12.4 Å².